The summed E-state index contributed by atoms with van der Waals surface area (Å²) in [7, 11) is 1.87. The molecule has 6 heteroatoms. The van der Waals surface area contributed by atoms with Gasteiger partial charge in [0.1, 0.15) is 0 Å². The van der Waals surface area contributed by atoms with Crippen molar-refractivity contribution in [1.82, 2.24) is 4.98 Å². The summed E-state index contributed by atoms with van der Waals surface area (Å²) in [5.74, 6) is 6.32. The Kier molecular flexibility index (Phi) is 3.91. The molecule has 94 valence electrons. The van der Waals surface area contributed by atoms with Crippen molar-refractivity contribution in [2.75, 3.05) is 17.4 Å². The minimum atomic E-state index is 0.382. The first-order valence-corrected chi connectivity index (χ1v) is 6.00. The normalized spacial score (nSPS) is 10.2. The molecule has 3 N–H and O–H groups in total. The third-order valence-electron chi connectivity index (χ3n) is 2.51. The number of benzene rings is 1. The number of nitrogens with two attached hydrogens (primary N) is 1. The van der Waals surface area contributed by atoms with Crippen LogP contribution in [0.5, 0.6) is 0 Å². The zero-order chi connectivity index (χ0) is 13.1. The third-order valence-corrected chi connectivity index (χ3v) is 3.08. The number of halogens is 2. The fourth-order valence-electron chi connectivity index (χ4n) is 1.57. The molecule has 1 aromatic carbocycles. The highest BCUT2D eigenvalue weighted by Gasteiger charge is 2.13. The topological polar surface area (TPSA) is 54.2 Å². The van der Waals surface area contributed by atoms with Gasteiger partial charge in [-0.25, -0.2) is 10.8 Å². The van der Waals surface area contributed by atoms with E-state index in [4.69, 9.17) is 29.0 Å². The largest absolute Gasteiger partial charge is 0.328 e. The second-order valence-electron chi connectivity index (χ2n) is 3.66. The van der Waals surface area contributed by atoms with Crippen LogP contribution in [0.1, 0.15) is 0 Å². The molecule has 1 aromatic heterocycles. The number of nitrogens with one attached hydrogen (secondary N) is 1. The van der Waals surface area contributed by atoms with E-state index in [9.17, 15) is 0 Å². The van der Waals surface area contributed by atoms with Gasteiger partial charge in [-0.05, 0) is 18.2 Å². The second-order valence-corrected chi connectivity index (χ2v) is 4.48. The Morgan fingerprint density at radius 3 is 2.44 bits per heavy atom. The predicted molar refractivity (Wildman–Crippen MR) is 76.6 cm³/mol. The van der Waals surface area contributed by atoms with Crippen LogP contribution >= 0.6 is 23.2 Å². The first-order chi connectivity index (χ1) is 8.63. The quantitative estimate of drug-likeness (QED) is 0.669. The summed E-state index contributed by atoms with van der Waals surface area (Å²) in [6.07, 6.45) is 0. The van der Waals surface area contributed by atoms with Crippen LogP contribution in [0, 0.1) is 0 Å². The smallest absolute Gasteiger partial charge is 0.161 e. The average molecular weight is 283 g/mol. The van der Waals surface area contributed by atoms with Crippen molar-refractivity contribution >= 4 is 40.5 Å². The van der Waals surface area contributed by atoms with Crippen LogP contribution < -0.4 is 16.2 Å². The highest BCUT2D eigenvalue weighted by molar-refractivity contribution is 6.37. The molecule has 0 saturated carbocycles. The minimum Gasteiger partial charge on any atom is -0.328 e. The first kappa shape index (κ1) is 13.0. The fourth-order valence-corrected chi connectivity index (χ4v) is 2.11. The SMILES string of the molecule is CN(c1ccccc1)c1nc(NN)c(Cl)cc1Cl. The Bertz CT molecular complexity index is 545. The van der Waals surface area contributed by atoms with Crippen LogP contribution in [0.25, 0.3) is 0 Å². The number of nitrogens with zero attached hydrogens (tertiary/aromatic N) is 2. The maximum absolute atomic E-state index is 6.15. The van der Waals surface area contributed by atoms with Crippen molar-refractivity contribution < 1.29 is 0 Å². The number of pyridine rings is 1. The molecule has 4 nitrogen and oxygen atoms in total. The van der Waals surface area contributed by atoms with Gasteiger partial charge in [-0.15, -0.1) is 0 Å². The molecule has 0 bridgehead atoms. The minimum absolute atomic E-state index is 0.382. The Labute approximate surface area is 115 Å². The molecule has 2 aromatic rings. The maximum atomic E-state index is 6.15. The van der Waals surface area contributed by atoms with Crippen LogP contribution in [0.4, 0.5) is 17.3 Å². The summed E-state index contributed by atoms with van der Waals surface area (Å²) >= 11 is 12.1. The number of para-hydroxylation sites is 1. The molecule has 0 atom stereocenters. The van der Waals surface area contributed by atoms with Crippen molar-refractivity contribution in [3.05, 3.63) is 46.4 Å². The zero-order valence-electron chi connectivity index (χ0n) is 9.69. The van der Waals surface area contributed by atoms with Crippen molar-refractivity contribution in [2.24, 2.45) is 5.84 Å². The van der Waals surface area contributed by atoms with Gasteiger partial charge in [0.05, 0.1) is 10.0 Å². The average Bonchev–Trinajstić information content (AvgIpc) is 2.39. The lowest BCUT2D eigenvalue weighted by Crippen LogP contribution is -2.15. The number of nitrogen functional groups attached to an aromatic ring is 1. The van der Waals surface area contributed by atoms with Crippen LogP contribution in [0.3, 0.4) is 0 Å². The predicted octanol–water partition coefficient (Wildman–Crippen LogP) is 3.44. The Morgan fingerprint density at radius 1 is 1.17 bits per heavy atom. The molecule has 1 heterocycles. The molecule has 2 rings (SSSR count). The molecular formula is C12H12Cl2N4. The Morgan fingerprint density at radius 2 is 1.83 bits per heavy atom. The molecule has 0 spiro atoms. The van der Waals surface area contributed by atoms with Crippen molar-refractivity contribution in [3.63, 3.8) is 0 Å². The molecule has 0 unspecified atom stereocenters. The van der Waals surface area contributed by atoms with E-state index in [0.29, 0.717) is 21.7 Å². The van der Waals surface area contributed by atoms with Crippen molar-refractivity contribution in [2.45, 2.75) is 0 Å². The third kappa shape index (κ3) is 2.51. The number of rotatable bonds is 3. The molecule has 0 radical (unpaired) electrons. The van der Waals surface area contributed by atoms with Gasteiger partial charge in [0.2, 0.25) is 0 Å². The highest BCUT2D eigenvalue weighted by atomic mass is 35.5. The van der Waals surface area contributed by atoms with E-state index in [1.54, 1.807) is 6.07 Å². The molecular weight excluding hydrogens is 271 g/mol. The van der Waals surface area contributed by atoms with Crippen LogP contribution in [0.2, 0.25) is 10.0 Å². The van der Waals surface area contributed by atoms with Gasteiger partial charge in [-0.3, -0.25) is 0 Å². The van der Waals surface area contributed by atoms with Gasteiger partial charge in [-0.2, -0.15) is 0 Å². The van der Waals surface area contributed by atoms with E-state index in [1.165, 1.54) is 0 Å². The molecule has 0 aliphatic rings. The summed E-state index contributed by atoms with van der Waals surface area (Å²) < 4.78 is 0. The number of anilines is 3. The monoisotopic (exact) mass is 282 g/mol. The standard InChI is InChI=1S/C12H12Cl2N4/c1-18(8-5-3-2-4-6-8)12-10(14)7-9(13)11(16-12)17-15/h2-7H,15H2,1H3,(H,16,17). The Balaban J connectivity index is 2.45. The number of hydrazine groups is 1. The molecule has 18 heavy (non-hydrogen) atoms. The summed E-state index contributed by atoms with van der Waals surface area (Å²) in [5, 5.41) is 0.845. The van der Waals surface area contributed by atoms with E-state index in [1.807, 2.05) is 42.3 Å². The molecule has 0 saturated heterocycles. The molecule has 0 fully saturated rings. The molecule has 0 amide bonds. The number of hydrogen-bond donors (Lipinski definition) is 2. The van der Waals surface area contributed by atoms with E-state index in [-0.39, 0.29) is 0 Å². The zero-order valence-corrected chi connectivity index (χ0v) is 11.2. The van der Waals surface area contributed by atoms with E-state index >= 15 is 0 Å². The van der Waals surface area contributed by atoms with Gasteiger partial charge in [-0.1, -0.05) is 41.4 Å². The Hall–Kier alpha value is -1.49. The highest BCUT2D eigenvalue weighted by Crippen LogP contribution is 2.33. The summed E-state index contributed by atoms with van der Waals surface area (Å²) in [5.41, 5.74) is 3.41. The second kappa shape index (κ2) is 5.44. The van der Waals surface area contributed by atoms with Crippen LogP contribution in [0.15, 0.2) is 36.4 Å². The van der Waals surface area contributed by atoms with Gasteiger partial charge in [0, 0.05) is 12.7 Å². The van der Waals surface area contributed by atoms with E-state index in [2.05, 4.69) is 10.4 Å². The first-order valence-electron chi connectivity index (χ1n) is 5.25. The van der Waals surface area contributed by atoms with Crippen molar-refractivity contribution in [3.8, 4) is 0 Å². The van der Waals surface area contributed by atoms with Gasteiger partial charge < -0.3 is 10.3 Å². The van der Waals surface area contributed by atoms with Gasteiger partial charge in [0.25, 0.3) is 0 Å². The van der Waals surface area contributed by atoms with Crippen LogP contribution in [-0.4, -0.2) is 12.0 Å². The molecule has 0 aliphatic heterocycles. The maximum Gasteiger partial charge on any atom is 0.161 e. The summed E-state index contributed by atoms with van der Waals surface area (Å²) in [6, 6.07) is 11.4. The number of aromatic nitrogens is 1. The lowest BCUT2D eigenvalue weighted by atomic mass is 10.3. The van der Waals surface area contributed by atoms with E-state index < -0.39 is 0 Å². The van der Waals surface area contributed by atoms with Crippen molar-refractivity contribution in [1.29, 1.82) is 0 Å². The molecule has 0 aliphatic carbocycles. The summed E-state index contributed by atoms with van der Waals surface area (Å²) in [6.45, 7) is 0. The van der Waals surface area contributed by atoms with Crippen LogP contribution in [-0.2, 0) is 0 Å². The van der Waals surface area contributed by atoms with Gasteiger partial charge >= 0.3 is 0 Å². The van der Waals surface area contributed by atoms with Gasteiger partial charge in [0.15, 0.2) is 11.6 Å². The number of hydrogen-bond acceptors (Lipinski definition) is 4. The fraction of sp³-hybridized carbons (Fsp3) is 0.0833. The lowest BCUT2D eigenvalue weighted by molar-refractivity contribution is 1.11. The lowest BCUT2D eigenvalue weighted by Gasteiger charge is -2.20. The summed E-state index contributed by atoms with van der Waals surface area (Å²) in [4.78, 5) is 6.15. The van der Waals surface area contributed by atoms with E-state index in [0.717, 1.165) is 5.69 Å².